The predicted molar refractivity (Wildman–Crippen MR) is 76.3 cm³/mol. The molecule has 0 amide bonds. The SMILES string of the molecule is CC(F)CC(SC#N)c1ccc(C(C)(C)C)cc1. The van der Waals surface area contributed by atoms with Crippen molar-refractivity contribution in [2.75, 3.05) is 0 Å². The third kappa shape index (κ3) is 4.34. The fraction of sp³-hybridized carbons (Fsp3) is 0.533. The molecule has 1 rings (SSSR count). The molecule has 0 saturated heterocycles. The summed E-state index contributed by atoms with van der Waals surface area (Å²) in [5, 5.41) is 10.8. The van der Waals surface area contributed by atoms with Crippen LogP contribution in [0.1, 0.15) is 50.5 Å². The van der Waals surface area contributed by atoms with E-state index in [9.17, 15) is 4.39 Å². The summed E-state index contributed by atoms with van der Waals surface area (Å²) in [5.74, 6) is 0. The van der Waals surface area contributed by atoms with Crippen LogP contribution in [0.3, 0.4) is 0 Å². The molecule has 2 unspecified atom stereocenters. The normalized spacial score (nSPS) is 14.9. The highest BCUT2D eigenvalue weighted by atomic mass is 32.2. The molecule has 3 heteroatoms. The van der Waals surface area contributed by atoms with Crippen molar-refractivity contribution in [1.82, 2.24) is 0 Å². The monoisotopic (exact) mass is 265 g/mol. The van der Waals surface area contributed by atoms with Crippen LogP contribution in [0, 0.1) is 10.7 Å². The lowest BCUT2D eigenvalue weighted by Crippen LogP contribution is -2.11. The van der Waals surface area contributed by atoms with Crippen molar-refractivity contribution in [2.24, 2.45) is 0 Å². The van der Waals surface area contributed by atoms with Gasteiger partial charge in [-0.2, -0.15) is 5.26 Å². The van der Waals surface area contributed by atoms with Gasteiger partial charge in [0.05, 0.1) is 6.17 Å². The first-order valence-corrected chi connectivity index (χ1v) is 7.02. The number of hydrogen-bond donors (Lipinski definition) is 0. The average molecular weight is 265 g/mol. The second-order valence-corrected chi connectivity index (χ2v) is 6.57. The number of nitrogens with zero attached hydrogens (tertiary/aromatic N) is 1. The minimum Gasteiger partial charge on any atom is -0.248 e. The first-order chi connectivity index (χ1) is 8.34. The standard InChI is InChI=1S/C15H20FNS/c1-11(16)9-14(18-10-17)12-5-7-13(8-6-12)15(2,3)4/h5-8,11,14H,9H2,1-4H3. The third-order valence-electron chi connectivity index (χ3n) is 2.88. The predicted octanol–water partition coefficient (Wildman–Crippen LogP) is 4.99. The molecule has 1 aromatic rings. The van der Waals surface area contributed by atoms with Crippen molar-refractivity contribution in [2.45, 2.75) is 51.0 Å². The Morgan fingerprint density at radius 2 is 1.83 bits per heavy atom. The zero-order chi connectivity index (χ0) is 13.8. The molecule has 0 heterocycles. The van der Waals surface area contributed by atoms with Gasteiger partial charge < -0.3 is 0 Å². The average Bonchev–Trinajstić information content (AvgIpc) is 2.27. The van der Waals surface area contributed by atoms with Gasteiger partial charge in [-0.25, -0.2) is 4.39 Å². The molecule has 0 aliphatic heterocycles. The number of rotatable bonds is 4. The Bertz CT molecular complexity index is 412. The van der Waals surface area contributed by atoms with E-state index in [-0.39, 0.29) is 10.7 Å². The van der Waals surface area contributed by atoms with Crippen molar-refractivity contribution in [1.29, 1.82) is 5.26 Å². The summed E-state index contributed by atoms with van der Waals surface area (Å²) in [6.07, 6.45) is -0.509. The first kappa shape index (κ1) is 15.0. The van der Waals surface area contributed by atoms with Gasteiger partial charge in [-0.15, -0.1) is 0 Å². The van der Waals surface area contributed by atoms with Gasteiger partial charge in [0.1, 0.15) is 5.40 Å². The smallest absolute Gasteiger partial charge is 0.133 e. The molecule has 1 nitrogen and oxygen atoms in total. The molecule has 0 bridgehead atoms. The van der Waals surface area contributed by atoms with Gasteiger partial charge in [-0.05, 0) is 41.6 Å². The zero-order valence-corrected chi connectivity index (χ0v) is 12.2. The molecule has 0 N–H and O–H groups in total. The Balaban J connectivity index is 2.91. The topological polar surface area (TPSA) is 23.8 Å². The first-order valence-electron chi connectivity index (χ1n) is 6.14. The van der Waals surface area contributed by atoms with Crippen LogP contribution in [0.15, 0.2) is 24.3 Å². The third-order valence-corrected chi connectivity index (χ3v) is 3.74. The Morgan fingerprint density at radius 3 is 2.22 bits per heavy atom. The zero-order valence-electron chi connectivity index (χ0n) is 11.4. The maximum atomic E-state index is 13.1. The molecule has 0 spiro atoms. The van der Waals surface area contributed by atoms with E-state index in [1.54, 1.807) is 0 Å². The van der Waals surface area contributed by atoms with Crippen molar-refractivity contribution < 1.29 is 4.39 Å². The van der Waals surface area contributed by atoms with E-state index in [0.29, 0.717) is 6.42 Å². The summed E-state index contributed by atoms with van der Waals surface area (Å²) in [6, 6.07) is 8.17. The quantitative estimate of drug-likeness (QED) is 0.716. The van der Waals surface area contributed by atoms with E-state index in [1.165, 1.54) is 12.5 Å². The molecule has 0 radical (unpaired) electrons. The van der Waals surface area contributed by atoms with Crippen LogP contribution < -0.4 is 0 Å². The second kappa shape index (κ2) is 6.24. The molecule has 0 aliphatic rings. The number of halogens is 1. The van der Waals surface area contributed by atoms with Crippen LogP contribution in [-0.2, 0) is 5.41 Å². The molecule has 98 valence electrons. The number of hydrogen-bond acceptors (Lipinski definition) is 2. The van der Waals surface area contributed by atoms with Gasteiger partial charge in [0, 0.05) is 5.25 Å². The summed E-state index contributed by atoms with van der Waals surface area (Å²) < 4.78 is 13.1. The lowest BCUT2D eigenvalue weighted by molar-refractivity contribution is 0.339. The van der Waals surface area contributed by atoms with Gasteiger partial charge in [0.25, 0.3) is 0 Å². The highest BCUT2D eigenvalue weighted by Crippen LogP contribution is 2.34. The summed E-state index contributed by atoms with van der Waals surface area (Å²) >= 11 is 1.14. The van der Waals surface area contributed by atoms with E-state index >= 15 is 0 Å². The largest absolute Gasteiger partial charge is 0.248 e. The summed E-state index contributed by atoms with van der Waals surface area (Å²) in [7, 11) is 0. The number of thioether (sulfide) groups is 1. The molecule has 0 aromatic heterocycles. The molecule has 1 aromatic carbocycles. The summed E-state index contributed by atoms with van der Waals surface area (Å²) in [6.45, 7) is 8.02. The van der Waals surface area contributed by atoms with Crippen LogP contribution in [0.4, 0.5) is 4.39 Å². The van der Waals surface area contributed by atoms with Crippen LogP contribution >= 0.6 is 11.8 Å². The van der Waals surface area contributed by atoms with E-state index in [1.807, 2.05) is 12.1 Å². The Morgan fingerprint density at radius 1 is 1.28 bits per heavy atom. The molecule has 0 fully saturated rings. The number of alkyl halides is 1. The minimum atomic E-state index is -0.891. The Hall–Kier alpha value is -1.01. The molecular weight excluding hydrogens is 245 g/mol. The van der Waals surface area contributed by atoms with Crippen molar-refractivity contribution in [3.63, 3.8) is 0 Å². The number of benzene rings is 1. The fourth-order valence-corrected chi connectivity index (χ4v) is 2.59. The maximum Gasteiger partial charge on any atom is 0.133 e. The van der Waals surface area contributed by atoms with Crippen LogP contribution in [0.25, 0.3) is 0 Å². The molecule has 0 saturated carbocycles. The van der Waals surface area contributed by atoms with E-state index in [2.05, 4.69) is 38.3 Å². The Kier molecular flexibility index (Phi) is 5.22. The van der Waals surface area contributed by atoms with Gasteiger partial charge in [0.15, 0.2) is 0 Å². The van der Waals surface area contributed by atoms with Gasteiger partial charge in [0.2, 0.25) is 0 Å². The van der Waals surface area contributed by atoms with Crippen molar-refractivity contribution >= 4 is 11.8 Å². The lowest BCUT2D eigenvalue weighted by atomic mass is 9.86. The van der Waals surface area contributed by atoms with E-state index in [4.69, 9.17) is 5.26 Å². The second-order valence-electron chi connectivity index (χ2n) is 5.59. The van der Waals surface area contributed by atoms with E-state index in [0.717, 1.165) is 17.3 Å². The van der Waals surface area contributed by atoms with Crippen molar-refractivity contribution in [3.05, 3.63) is 35.4 Å². The molecule has 2 atom stereocenters. The summed E-state index contributed by atoms with van der Waals surface area (Å²) in [4.78, 5) is 0. The number of nitriles is 1. The van der Waals surface area contributed by atoms with Gasteiger partial charge >= 0.3 is 0 Å². The number of thiocyanates is 1. The van der Waals surface area contributed by atoms with Crippen molar-refractivity contribution in [3.8, 4) is 5.40 Å². The van der Waals surface area contributed by atoms with Crippen LogP contribution in [0.5, 0.6) is 0 Å². The molecule has 18 heavy (non-hydrogen) atoms. The lowest BCUT2D eigenvalue weighted by Gasteiger charge is -2.20. The molecular formula is C15H20FNS. The van der Waals surface area contributed by atoms with Gasteiger partial charge in [-0.3, -0.25) is 0 Å². The summed E-state index contributed by atoms with van der Waals surface area (Å²) in [5.41, 5.74) is 2.39. The van der Waals surface area contributed by atoms with Crippen LogP contribution in [0.2, 0.25) is 0 Å². The van der Waals surface area contributed by atoms with E-state index < -0.39 is 6.17 Å². The molecule has 0 aliphatic carbocycles. The highest BCUT2D eigenvalue weighted by Gasteiger charge is 2.18. The maximum absolute atomic E-state index is 13.1. The van der Waals surface area contributed by atoms with Gasteiger partial charge in [-0.1, -0.05) is 45.0 Å². The highest BCUT2D eigenvalue weighted by molar-refractivity contribution is 8.03. The van der Waals surface area contributed by atoms with Crippen LogP contribution in [-0.4, -0.2) is 6.17 Å². The Labute approximate surface area is 113 Å². The fourth-order valence-electron chi connectivity index (χ4n) is 1.81. The minimum absolute atomic E-state index is 0.0796.